The fourth-order valence-corrected chi connectivity index (χ4v) is 2.99. The molecule has 18 heavy (non-hydrogen) atoms. The van der Waals surface area contributed by atoms with Crippen LogP contribution < -0.4 is 10.2 Å². The molecule has 1 N–H and O–H groups in total. The maximum Gasteiger partial charge on any atom is 0.231 e. The number of nitrogens with one attached hydrogen (secondary N) is 1. The summed E-state index contributed by atoms with van der Waals surface area (Å²) in [7, 11) is 1.79. The lowest BCUT2D eigenvalue weighted by Crippen LogP contribution is -2.35. The first-order valence-electron chi connectivity index (χ1n) is 6.47. The number of piperidine rings is 1. The second kappa shape index (κ2) is 4.31. The number of amides is 1. The zero-order valence-corrected chi connectivity index (χ0v) is 10.6. The van der Waals surface area contributed by atoms with Crippen LogP contribution >= 0.6 is 0 Å². The monoisotopic (exact) mass is 246 g/mol. The molecule has 0 bridgehead atoms. The van der Waals surface area contributed by atoms with E-state index < -0.39 is 0 Å². The molecule has 2 heterocycles. The lowest BCUT2D eigenvalue weighted by Gasteiger charge is -2.24. The van der Waals surface area contributed by atoms with Gasteiger partial charge in [0.15, 0.2) is 5.82 Å². The van der Waals surface area contributed by atoms with E-state index in [0.29, 0.717) is 5.82 Å². The summed E-state index contributed by atoms with van der Waals surface area (Å²) in [5.41, 5.74) is 0.277. The van der Waals surface area contributed by atoms with Gasteiger partial charge in [0.2, 0.25) is 5.91 Å². The van der Waals surface area contributed by atoms with Crippen LogP contribution in [-0.2, 0) is 4.79 Å². The van der Waals surface area contributed by atoms with E-state index in [1.165, 1.54) is 0 Å². The Balaban J connectivity index is 1.69. The normalized spacial score (nSPS) is 24.8. The van der Waals surface area contributed by atoms with E-state index in [0.717, 1.165) is 32.4 Å². The third-order valence-corrected chi connectivity index (χ3v) is 4.31. The molecule has 2 fully saturated rings. The number of hydrogen-bond acceptors (Lipinski definition) is 4. The molecule has 1 aromatic rings. The van der Waals surface area contributed by atoms with Gasteiger partial charge in [0.05, 0.1) is 6.20 Å². The van der Waals surface area contributed by atoms with Crippen molar-refractivity contribution in [1.82, 2.24) is 15.3 Å². The molecular formula is C13H18N4O. The van der Waals surface area contributed by atoms with Crippen LogP contribution in [0.1, 0.15) is 19.3 Å². The molecule has 96 valence electrons. The van der Waals surface area contributed by atoms with E-state index in [9.17, 15) is 4.79 Å². The topological polar surface area (TPSA) is 58.1 Å². The van der Waals surface area contributed by atoms with Crippen molar-refractivity contribution in [3.63, 3.8) is 0 Å². The van der Waals surface area contributed by atoms with Crippen molar-refractivity contribution in [1.29, 1.82) is 0 Å². The Morgan fingerprint density at radius 1 is 1.44 bits per heavy atom. The second-order valence-corrected chi connectivity index (χ2v) is 5.33. The maximum absolute atomic E-state index is 12.4. The van der Waals surface area contributed by atoms with Crippen LogP contribution in [0.2, 0.25) is 0 Å². The maximum atomic E-state index is 12.4. The molecule has 5 nitrogen and oxygen atoms in total. The van der Waals surface area contributed by atoms with Crippen molar-refractivity contribution in [2.75, 3.05) is 25.0 Å². The Labute approximate surface area is 107 Å². The van der Waals surface area contributed by atoms with Gasteiger partial charge in [-0.1, -0.05) is 0 Å². The van der Waals surface area contributed by atoms with Crippen molar-refractivity contribution in [2.24, 2.45) is 11.3 Å². The third-order valence-electron chi connectivity index (χ3n) is 4.31. The number of nitrogens with zero attached hydrogens (tertiary/aromatic N) is 3. The minimum absolute atomic E-state index is 0.187. The number of rotatable bonds is 2. The molecular weight excluding hydrogens is 228 g/mol. The van der Waals surface area contributed by atoms with Crippen LogP contribution in [0.3, 0.4) is 0 Å². The smallest absolute Gasteiger partial charge is 0.231 e. The van der Waals surface area contributed by atoms with Gasteiger partial charge in [0.25, 0.3) is 0 Å². The third kappa shape index (κ3) is 1.88. The summed E-state index contributed by atoms with van der Waals surface area (Å²) in [6.45, 7) is 2.08. The highest BCUT2D eigenvalue weighted by molar-refractivity contribution is 5.96. The van der Waals surface area contributed by atoms with Crippen LogP contribution in [0.4, 0.5) is 5.82 Å². The Kier molecular flexibility index (Phi) is 2.78. The summed E-state index contributed by atoms with van der Waals surface area (Å²) in [6.07, 6.45) is 8.16. The Morgan fingerprint density at radius 3 is 2.89 bits per heavy atom. The van der Waals surface area contributed by atoms with Crippen molar-refractivity contribution < 1.29 is 4.79 Å². The molecule has 1 atom stereocenters. The molecule has 0 radical (unpaired) electrons. The molecule has 1 amide bonds. The van der Waals surface area contributed by atoms with Crippen molar-refractivity contribution >= 4 is 11.7 Å². The minimum atomic E-state index is 0.187. The van der Waals surface area contributed by atoms with Crippen molar-refractivity contribution in [3.05, 3.63) is 18.6 Å². The van der Waals surface area contributed by atoms with Gasteiger partial charge in [-0.15, -0.1) is 0 Å². The number of hydrogen-bond donors (Lipinski definition) is 1. The molecule has 1 aliphatic heterocycles. The zero-order chi connectivity index (χ0) is 12.6. The summed E-state index contributed by atoms with van der Waals surface area (Å²) in [5, 5.41) is 3.35. The first-order chi connectivity index (χ1) is 8.73. The lowest BCUT2D eigenvalue weighted by molar-refractivity contribution is -0.120. The molecule has 5 heteroatoms. The van der Waals surface area contributed by atoms with Gasteiger partial charge in [-0.3, -0.25) is 14.7 Å². The fourth-order valence-electron chi connectivity index (χ4n) is 2.99. The highest BCUT2D eigenvalue weighted by Gasteiger charge is 2.58. The van der Waals surface area contributed by atoms with E-state index in [1.54, 1.807) is 30.5 Å². The van der Waals surface area contributed by atoms with Crippen LogP contribution in [0.15, 0.2) is 18.6 Å². The number of anilines is 1. The molecule has 2 aliphatic rings. The van der Waals surface area contributed by atoms with Gasteiger partial charge in [0.1, 0.15) is 0 Å². The lowest BCUT2D eigenvalue weighted by atomic mass is 9.91. The van der Waals surface area contributed by atoms with E-state index in [1.807, 2.05) is 0 Å². The Bertz CT molecular complexity index is 442. The molecule has 1 aromatic heterocycles. The average Bonchev–Trinajstić information content (AvgIpc) is 3.12. The number of carbonyl (C=O) groups excluding carboxylic acids is 1. The minimum Gasteiger partial charge on any atom is -0.317 e. The Hall–Kier alpha value is -1.49. The summed E-state index contributed by atoms with van der Waals surface area (Å²) in [4.78, 5) is 22.2. The molecule has 1 saturated carbocycles. The van der Waals surface area contributed by atoms with E-state index in [4.69, 9.17) is 0 Å². The molecule has 1 aliphatic carbocycles. The van der Waals surface area contributed by atoms with Gasteiger partial charge >= 0.3 is 0 Å². The van der Waals surface area contributed by atoms with Gasteiger partial charge in [-0.05, 0) is 37.8 Å². The predicted molar refractivity (Wildman–Crippen MR) is 68.1 cm³/mol. The van der Waals surface area contributed by atoms with Gasteiger partial charge in [0, 0.05) is 25.4 Å². The fraction of sp³-hybridized carbons (Fsp3) is 0.615. The van der Waals surface area contributed by atoms with Crippen LogP contribution in [0.5, 0.6) is 0 Å². The Morgan fingerprint density at radius 2 is 2.22 bits per heavy atom. The second-order valence-electron chi connectivity index (χ2n) is 5.33. The van der Waals surface area contributed by atoms with Crippen LogP contribution in [0.25, 0.3) is 0 Å². The summed E-state index contributed by atoms with van der Waals surface area (Å²) >= 11 is 0. The highest BCUT2D eigenvalue weighted by atomic mass is 16.2. The standard InChI is InChI=1S/C13H18N4O/c1-17(11-9-15-6-7-16-11)12(18)10-8-13(10)2-4-14-5-3-13/h6-7,9-10,14H,2-5,8H2,1H3. The van der Waals surface area contributed by atoms with Gasteiger partial charge < -0.3 is 5.32 Å². The van der Waals surface area contributed by atoms with E-state index >= 15 is 0 Å². The van der Waals surface area contributed by atoms with E-state index in [2.05, 4.69) is 15.3 Å². The van der Waals surface area contributed by atoms with Gasteiger partial charge in [-0.25, -0.2) is 4.98 Å². The summed E-state index contributed by atoms with van der Waals surface area (Å²) in [6, 6.07) is 0. The van der Waals surface area contributed by atoms with E-state index in [-0.39, 0.29) is 17.2 Å². The number of aromatic nitrogens is 2. The zero-order valence-electron chi connectivity index (χ0n) is 10.6. The highest BCUT2D eigenvalue weighted by Crippen LogP contribution is 2.59. The average molecular weight is 246 g/mol. The molecule has 0 aromatic carbocycles. The molecule has 1 saturated heterocycles. The molecule has 1 unspecified atom stereocenters. The van der Waals surface area contributed by atoms with Crippen LogP contribution in [-0.4, -0.2) is 36.0 Å². The summed E-state index contributed by atoms with van der Waals surface area (Å²) in [5.74, 6) is 1.02. The molecule has 1 spiro atoms. The molecule has 3 rings (SSSR count). The van der Waals surface area contributed by atoms with Crippen LogP contribution in [0, 0.1) is 11.3 Å². The van der Waals surface area contributed by atoms with Crippen molar-refractivity contribution in [2.45, 2.75) is 19.3 Å². The number of carbonyl (C=O) groups is 1. The first-order valence-corrected chi connectivity index (χ1v) is 6.47. The summed E-state index contributed by atoms with van der Waals surface area (Å²) < 4.78 is 0. The van der Waals surface area contributed by atoms with Crippen molar-refractivity contribution in [3.8, 4) is 0 Å². The quantitative estimate of drug-likeness (QED) is 0.839. The SMILES string of the molecule is CN(C(=O)C1CC12CCNCC2)c1cnccn1. The van der Waals surface area contributed by atoms with Gasteiger partial charge in [-0.2, -0.15) is 0 Å². The predicted octanol–water partition coefficient (Wildman–Crippen LogP) is 0.829. The first kappa shape index (κ1) is 11.6. The largest absolute Gasteiger partial charge is 0.317 e.